The highest BCUT2D eigenvalue weighted by Crippen LogP contribution is 2.20. The lowest BCUT2D eigenvalue weighted by molar-refractivity contribution is 0.0199. The Bertz CT molecular complexity index is 540. The third-order valence-corrected chi connectivity index (χ3v) is 4.15. The van der Waals surface area contributed by atoms with Crippen LogP contribution in [0.4, 0.5) is 8.78 Å². The molecule has 0 unspecified atom stereocenters. The molecule has 0 amide bonds. The molecule has 0 heterocycles. The van der Waals surface area contributed by atoms with E-state index >= 15 is 0 Å². The van der Waals surface area contributed by atoms with Crippen LogP contribution in [0.15, 0.2) is 23.1 Å². The number of ether oxygens (including phenoxy) is 1. The van der Waals surface area contributed by atoms with Gasteiger partial charge in [0.1, 0.15) is 6.61 Å². The van der Waals surface area contributed by atoms with Crippen LogP contribution in [0.25, 0.3) is 0 Å². The maximum absolute atomic E-state index is 11.9. The minimum absolute atomic E-state index is 0.0199. The van der Waals surface area contributed by atoms with Gasteiger partial charge in [-0.05, 0) is 17.7 Å². The quantitative estimate of drug-likeness (QED) is 0.706. The van der Waals surface area contributed by atoms with Gasteiger partial charge in [-0.1, -0.05) is 17.7 Å². The van der Waals surface area contributed by atoms with E-state index < -0.39 is 23.1 Å². The molecule has 0 fully saturated rings. The Balaban J connectivity index is 2.58. The molecule has 0 aliphatic carbocycles. The van der Waals surface area contributed by atoms with Gasteiger partial charge in [-0.15, -0.1) is 0 Å². The summed E-state index contributed by atoms with van der Waals surface area (Å²) in [6, 6.07) is 4.17. The van der Waals surface area contributed by atoms with Crippen molar-refractivity contribution in [1.82, 2.24) is 4.72 Å². The van der Waals surface area contributed by atoms with Crippen molar-refractivity contribution in [2.24, 2.45) is 5.73 Å². The zero-order valence-corrected chi connectivity index (χ0v) is 12.1. The molecule has 9 heteroatoms. The molecule has 0 aromatic heterocycles. The van der Waals surface area contributed by atoms with Gasteiger partial charge < -0.3 is 10.5 Å². The van der Waals surface area contributed by atoms with Crippen LogP contribution in [-0.4, -0.2) is 34.6 Å². The normalized spacial score (nSPS) is 12.1. The maximum Gasteiger partial charge on any atom is 0.261 e. The molecule has 0 radical (unpaired) electrons. The summed E-state index contributed by atoms with van der Waals surface area (Å²) < 4.78 is 54.1. The summed E-state index contributed by atoms with van der Waals surface area (Å²) in [6.07, 6.45) is -2.57. The van der Waals surface area contributed by atoms with Crippen LogP contribution in [0, 0.1) is 0 Å². The summed E-state index contributed by atoms with van der Waals surface area (Å²) in [5.41, 5.74) is 6.05. The van der Waals surface area contributed by atoms with Crippen LogP contribution >= 0.6 is 11.6 Å². The zero-order chi connectivity index (χ0) is 15.2. The largest absolute Gasteiger partial charge is 0.374 e. The van der Waals surface area contributed by atoms with Gasteiger partial charge in [0.2, 0.25) is 10.0 Å². The van der Waals surface area contributed by atoms with E-state index in [1.54, 1.807) is 0 Å². The van der Waals surface area contributed by atoms with Crippen LogP contribution in [-0.2, 0) is 21.3 Å². The first kappa shape index (κ1) is 17.3. The van der Waals surface area contributed by atoms with E-state index in [1.807, 2.05) is 0 Å². The van der Waals surface area contributed by atoms with E-state index in [2.05, 4.69) is 9.46 Å². The zero-order valence-electron chi connectivity index (χ0n) is 10.5. The van der Waals surface area contributed by atoms with Gasteiger partial charge in [0.05, 0.1) is 11.5 Å². The first-order valence-corrected chi connectivity index (χ1v) is 7.57. The van der Waals surface area contributed by atoms with Gasteiger partial charge in [-0.2, -0.15) is 0 Å². The molecule has 0 saturated carbocycles. The Morgan fingerprint density at radius 2 is 2.10 bits per heavy atom. The number of alkyl halides is 2. The highest BCUT2D eigenvalue weighted by Gasteiger charge is 2.15. The minimum atomic E-state index is -3.75. The van der Waals surface area contributed by atoms with Gasteiger partial charge >= 0.3 is 0 Å². The summed E-state index contributed by atoms with van der Waals surface area (Å²) in [5, 5.41) is 0.254. The number of hydrogen-bond acceptors (Lipinski definition) is 4. The first-order valence-electron chi connectivity index (χ1n) is 5.71. The van der Waals surface area contributed by atoms with Crippen molar-refractivity contribution in [3.8, 4) is 0 Å². The molecule has 114 valence electrons. The number of sulfonamides is 1. The third-order valence-electron chi connectivity index (χ3n) is 2.34. The highest BCUT2D eigenvalue weighted by molar-refractivity contribution is 7.89. The van der Waals surface area contributed by atoms with Crippen molar-refractivity contribution in [3.05, 3.63) is 28.8 Å². The van der Waals surface area contributed by atoms with Gasteiger partial charge in [0.15, 0.2) is 0 Å². The first-order chi connectivity index (χ1) is 9.36. The standard InChI is InChI=1S/C11H15ClF2N2O3S/c12-10-5-9(2-1-8(10)6-15)20(17,18)16-3-4-19-7-11(13)14/h1-2,5,11,16H,3-4,6-7,15H2. The third kappa shape index (κ3) is 5.29. The van der Waals surface area contributed by atoms with Crippen molar-refractivity contribution in [1.29, 1.82) is 0 Å². The monoisotopic (exact) mass is 328 g/mol. The Kier molecular flexibility index (Phi) is 6.77. The number of rotatable bonds is 8. The van der Waals surface area contributed by atoms with Crippen molar-refractivity contribution < 1.29 is 21.9 Å². The average Bonchev–Trinajstić information content (AvgIpc) is 2.37. The predicted octanol–water partition coefficient (Wildman–Crippen LogP) is 1.36. The van der Waals surface area contributed by atoms with Crippen molar-refractivity contribution in [3.63, 3.8) is 0 Å². The molecule has 1 rings (SSSR count). The van der Waals surface area contributed by atoms with E-state index in [-0.39, 0.29) is 29.6 Å². The van der Waals surface area contributed by atoms with Crippen LogP contribution in [0.2, 0.25) is 5.02 Å². The van der Waals surface area contributed by atoms with E-state index in [0.717, 1.165) is 0 Å². The maximum atomic E-state index is 11.9. The number of halogens is 3. The molecule has 0 aliphatic heterocycles. The smallest absolute Gasteiger partial charge is 0.261 e. The van der Waals surface area contributed by atoms with E-state index in [1.165, 1.54) is 18.2 Å². The molecule has 0 spiro atoms. The average molecular weight is 329 g/mol. The Morgan fingerprint density at radius 1 is 1.40 bits per heavy atom. The highest BCUT2D eigenvalue weighted by atomic mass is 35.5. The Hall–Kier alpha value is -0.800. The summed E-state index contributed by atoms with van der Waals surface area (Å²) in [4.78, 5) is -0.0199. The number of nitrogens with two attached hydrogens (primary N) is 1. The summed E-state index contributed by atoms with van der Waals surface area (Å²) in [5.74, 6) is 0. The Morgan fingerprint density at radius 3 is 2.65 bits per heavy atom. The molecule has 0 saturated heterocycles. The van der Waals surface area contributed by atoms with Gasteiger partial charge in [-0.3, -0.25) is 0 Å². The second-order valence-corrected chi connectivity index (χ2v) is 6.00. The Labute approximate surface area is 121 Å². The molecular weight excluding hydrogens is 314 g/mol. The second kappa shape index (κ2) is 7.84. The second-order valence-electron chi connectivity index (χ2n) is 3.82. The lowest BCUT2D eigenvalue weighted by Crippen LogP contribution is -2.28. The van der Waals surface area contributed by atoms with Crippen LogP contribution in [0.1, 0.15) is 5.56 Å². The van der Waals surface area contributed by atoms with Gasteiger partial charge in [0, 0.05) is 18.1 Å². The summed E-state index contributed by atoms with van der Waals surface area (Å²) in [7, 11) is -3.75. The van der Waals surface area contributed by atoms with Gasteiger partial charge in [0.25, 0.3) is 6.43 Å². The van der Waals surface area contributed by atoms with E-state index in [4.69, 9.17) is 17.3 Å². The fraction of sp³-hybridized carbons (Fsp3) is 0.455. The van der Waals surface area contributed by atoms with Crippen molar-refractivity contribution in [2.45, 2.75) is 17.9 Å². The van der Waals surface area contributed by atoms with Crippen LogP contribution in [0.3, 0.4) is 0 Å². The van der Waals surface area contributed by atoms with Crippen LogP contribution in [0.5, 0.6) is 0 Å². The van der Waals surface area contributed by atoms with Crippen molar-refractivity contribution >= 4 is 21.6 Å². The SMILES string of the molecule is NCc1ccc(S(=O)(=O)NCCOCC(F)F)cc1Cl. The topological polar surface area (TPSA) is 81.4 Å². The number of benzene rings is 1. The summed E-state index contributed by atoms with van der Waals surface area (Å²) in [6.45, 7) is -0.768. The molecule has 3 N–H and O–H groups in total. The lowest BCUT2D eigenvalue weighted by Gasteiger charge is -2.09. The molecule has 1 aromatic rings. The fourth-order valence-corrected chi connectivity index (χ4v) is 2.73. The predicted molar refractivity (Wildman–Crippen MR) is 71.4 cm³/mol. The molecule has 5 nitrogen and oxygen atoms in total. The molecule has 20 heavy (non-hydrogen) atoms. The number of hydrogen-bond donors (Lipinski definition) is 2. The van der Waals surface area contributed by atoms with Gasteiger partial charge in [-0.25, -0.2) is 21.9 Å². The lowest BCUT2D eigenvalue weighted by atomic mass is 10.2. The summed E-state index contributed by atoms with van der Waals surface area (Å²) >= 11 is 5.87. The molecule has 0 bridgehead atoms. The number of nitrogens with one attached hydrogen (secondary N) is 1. The minimum Gasteiger partial charge on any atom is -0.374 e. The van der Waals surface area contributed by atoms with E-state index in [9.17, 15) is 17.2 Å². The van der Waals surface area contributed by atoms with E-state index in [0.29, 0.717) is 5.56 Å². The molecule has 1 aromatic carbocycles. The molecule has 0 aliphatic rings. The molecule has 0 atom stereocenters. The molecular formula is C11H15ClF2N2O3S. The van der Waals surface area contributed by atoms with Crippen molar-refractivity contribution in [2.75, 3.05) is 19.8 Å². The fourth-order valence-electron chi connectivity index (χ4n) is 1.36. The van der Waals surface area contributed by atoms with Crippen LogP contribution < -0.4 is 10.5 Å².